The number of ether oxygens (including phenoxy) is 1. The number of methoxy groups -OCH3 is 1. The standard InChI is InChI=1S/C16H21NO/c1-4-14(5-2)17-16(12-6-7-12)13-8-10-15(18-3)11-9-13/h1,8-12,14,16-17H,5-7H2,2-3H3. The molecule has 0 aromatic heterocycles. The van der Waals surface area contributed by atoms with Gasteiger partial charge in [-0.1, -0.05) is 25.0 Å². The number of terminal acetylenes is 1. The first-order valence-corrected chi connectivity index (χ1v) is 6.64. The van der Waals surface area contributed by atoms with Crippen molar-refractivity contribution < 1.29 is 4.74 Å². The van der Waals surface area contributed by atoms with E-state index in [2.05, 4.69) is 30.3 Å². The molecule has 2 unspecified atom stereocenters. The van der Waals surface area contributed by atoms with Crippen molar-refractivity contribution in [3.05, 3.63) is 29.8 Å². The molecular weight excluding hydrogens is 222 g/mol. The summed E-state index contributed by atoms with van der Waals surface area (Å²) in [6, 6.07) is 8.86. The van der Waals surface area contributed by atoms with Gasteiger partial charge in [0, 0.05) is 6.04 Å². The van der Waals surface area contributed by atoms with Gasteiger partial charge in [0.25, 0.3) is 0 Å². The van der Waals surface area contributed by atoms with Crippen LogP contribution in [0.1, 0.15) is 37.8 Å². The minimum Gasteiger partial charge on any atom is -0.497 e. The minimum atomic E-state index is 0.165. The maximum Gasteiger partial charge on any atom is 0.118 e. The largest absolute Gasteiger partial charge is 0.497 e. The van der Waals surface area contributed by atoms with Crippen LogP contribution >= 0.6 is 0 Å². The maximum atomic E-state index is 5.54. The molecular formula is C16H21NO. The fourth-order valence-corrected chi connectivity index (χ4v) is 2.25. The predicted molar refractivity (Wildman–Crippen MR) is 74.5 cm³/mol. The normalized spacial score (nSPS) is 17.8. The van der Waals surface area contributed by atoms with E-state index in [-0.39, 0.29) is 6.04 Å². The van der Waals surface area contributed by atoms with Gasteiger partial charge in [0.15, 0.2) is 0 Å². The molecule has 2 rings (SSSR count). The van der Waals surface area contributed by atoms with Crippen LogP contribution in [0.25, 0.3) is 0 Å². The highest BCUT2D eigenvalue weighted by Crippen LogP contribution is 2.41. The lowest BCUT2D eigenvalue weighted by Gasteiger charge is -2.22. The van der Waals surface area contributed by atoms with E-state index in [1.807, 2.05) is 12.1 Å². The summed E-state index contributed by atoms with van der Waals surface area (Å²) in [6.45, 7) is 2.12. The van der Waals surface area contributed by atoms with Gasteiger partial charge < -0.3 is 4.74 Å². The van der Waals surface area contributed by atoms with E-state index in [1.165, 1.54) is 18.4 Å². The summed E-state index contributed by atoms with van der Waals surface area (Å²) < 4.78 is 5.20. The molecule has 18 heavy (non-hydrogen) atoms. The van der Waals surface area contributed by atoms with Gasteiger partial charge in [-0.15, -0.1) is 6.42 Å². The Morgan fingerprint density at radius 2 is 2.06 bits per heavy atom. The van der Waals surface area contributed by atoms with Crippen LogP contribution < -0.4 is 10.1 Å². The molecule has 1 saturated carbocycles. The molecule has 0 saturated heterocycles. The molecule has 1 N–H and O–H groups in total. The quantitative estimate of drug-likeness (QED) is 0.775. The van der Waals surface area contributed by atoms with Gasteiger partial charge in [-0.05, 0) is 42.9 Å². The van der Waals surface area contributed by atoms with Crippen molar-refractivity contribution in [2.75, 3.05) is 7.11 Å². The Hall–Kier alpha value is -1.46. The summed E-state index contributed by atoms with van der Waals surface area (Å²) in [7, 11) is 1.69. The zero-order valence-electron chi connectivity index (χ0n) is 11.1. The van der Waals surface area contributed by atoms with Gasteiger partial charge in [-0.25, -0.2) is 0 Å². The fraction of sp³-hybridized carbons (Fsp3) is 0.500. The average Bonchev–Trinajstić information content (AvgIpc) is 3.25. The molecule has 1 aromatic rings. The van der Waals surface area contributed by atoms with E-state index >= 15 is 0 Å². The number of rotatable bonds is 6. The third kappa shape index (κ3) is 3.05. The second kappa shape index (κ2) is 5.93. The monoisotopic (exact) mass is 243 g/mol. The second-order valence-corrected chi connectivity index (χ2v) is 4.88. The first-order valence-electron chi connectivity index (χ1n) is 6.64. The van der Waals surface area contributed by atoms with Gasteiger partial charge in [-0.2, -0.15) is 0 Å². The van der Waals surface area contributed by atoms with Crippen LogP contribution in [-0.2, 0) is 0 Å². The first kappa shape index (κ1) is 13.0. The highest BCUT2D eigenvalue weighted by atomic mass is 16.5. The van der Waals surface area contributed by atoms with Crippen molar-refractivity contribution in [1.29, 1.82) is 0 Å². The zero-order chi connectivity index (χ0) is 13.0. The molecule has 0 bridgehead atoms. The topological polar surface area (TPSA) is 21.3 Å². The van der Waals surface area contributed by atoms with Crippen molar-refractivity contribution in [3.63, 3.8) is 0 Å². The highest BCUT2D eigenvalue weighted by molar-refractivity contribution is 5.30. The molecule has 96 valence electrons. The number of nitrogens with one attached hydrogen (secondary N) is 1. The Morgan fingerprint density at radius 3 is 2.50 bits per heavy atom. The van der Waals surface area contributed by atoms with Gasteiger partial charge in [-0.3, -0.25) is 5.32 Å². The van der Waals surface area contributed by atoms with E-state index in [0.29, 0.717) is 6.04 Å². The SMILES string of the molecule is C#CC(CC)NC(c1ccc(OC)cc1)C1CC1. The molecule has 1 aliphatic carbocycles. The van der Waals surface area contributed by atoms with Gasteiger partial charge in [0.1, 0.15) is 5.75 Å². The molecule has 0 heterocycles. The Balaban J connectivity index is 2.11. The molecule has 1 fully saturated rings. The number of hydrogen-bond acceptors (Lipinski definition) is 2. The molecule has 1 aliphatic rings. The summed E-state index contributed by atoms with van der Waals surface area (Å²) in [5, 5.41) is 3.59. The second-order valence-electron chi connectivity index (χ2n) is 4.88. The molecule has 0 radical (unpaired) electrons. The van der Waals surface area contributed by atoms with Crippen LogP contribution in [-0.4, -0.2) is 13.2 Å². The highest BCUT2D eigenvalue weighted by Gasteiger charge is 2.33. The lowest BCUT2D eigenvalue weighted by atomic mass is 10.0. The van der Waals surface area contributed by atoms with E-state index < -0.39 is 0 Å². The first-order chi connectivity index (χ1) is 8.78. The Kier molecular flexibility index (Phi) is 4.28. The van der Waals surface area contributed by atoms with Gasteiger partial charge in [0.05, 0.1) is 13.2 Å². The van der Waals surface area contributed by atoms with Gasteiger partial charge in [0.2, 0.25) is 0 Å². The Labute approximate surface area is 110 Å². The predicted octanol–water partition coefficient (Wildman–Crippen LogP) is 3.15. The van der Waals surface area contributed by atoms with E-state index in [9.17, 15) is 0 Å². The lowest BCUT2D eigenvalue weighted by Crippen LogP contribution is -2.32. The van der Waals surface area contributed by atoms with Crippen molar-refractivity contribution in [3.8, 4) is 18.1 Å². The molecule has 0 aliphatic heterocycles. The van der Waals surface area contributed by atoms with E-state index in [0.717, 1.165) is 18.1 Å². The lowest BCUT2D eigenvalue weighted by molar-refractivity contribution is 0.412. The van der Waals surface area contributed by atoms with Gasteiger partial charge >= 0.3 is 0 Å². The van der Waals surface area contributed by atoms with Crippen molar-refractivity contribution >= 4 is 0 Å². The van der Waals surface area contributed by atoms with E-state index in [1.54, 1.807) is 7.11 Å². The molecule has 2 nitrogen and oxygen atoms in total. The van der Waals surface area contributed by atoms with Crippen LogP contribution in [0, 0.1) is 18.3 Å². The summed E-state index contributed by atoms with van der Waals surface area (Å²) in [5.41, 5.74) is 1.31. The van der Waals surface area contributed by atoms with Crippen LogP contribution in [0.3, 0.4) is 0 Å². The summed E-state index contributed by atoms with van der Waals surface area (Å²) in [4.78, 5) is 0. The van der Waals surface area contributed by atoms with Crippen LogP contribution in [0.2, 0.25) is 0 Å². The third-order valence-corrected chi connectivity index (χ3v) is 3.56. The smallest absolute Gasteiger partial charge is 0.118 e. The molecule has 0 amide bonds. The van der Waals surface area contributed by atoms with Crippen LogP contribution in [0.15, 0.2) is 24.3 Å². The summed E-state index contributed by atoms with van der Waals surface area (Å²) in [5.74, 6) is 4.46. The summed E-state index contributed by atoms with van der Waals surface area (Å²) in [6.07, 6.45) is 9.10. The number of benzene rings is 1. The molecule has 2 heteroatoms. The Morgan fingerprint density at radius 1 is 1.39 bits per heavy atom. The summed E-state index contributed by atoms with van der Waals surface area (Å²) >= 11 is 0. The number of hydrogen-bond donors (Lipinski definition) is 1. The fourth-order valence-electron chi connectivity index (χ4n) is 2.25. The van der Waals surface area contributed by atoms with Crippen LogP contribution in [0.5, 0.6) is 5.75 Å². The average molecular weight is 243 g/mol. The molecule has 1 aromatic carbocycles. The van der Waals surface area contributed by atoms with Crippen LogP contribution in [0.4, 0.5) is 0 Å². The van der Waals surface area contributed by atoms with Crippen molar-refractivity contribution in [1.82, 2.24) is 5.32 Å². The van der Waals surface area contributed by atoms with Crippen molar-refractivity contribution in [2.45, 2.75) is 38.3 Å². The zero-order valence-corrected chi connectivity index (χ0v) is 11.1. The maximum absolute atomic E-state index is 5.54. The van der Waals surface area contributed by atoms with E-state index in [4.69, 9.17) is 11.2 Å². The minimum absolute atomic E-state index is 0.165. The molecule has 0 spiro atoms. The third-order valence-electron chi connectivity index (χ3n) is 3.56. The Bertz CT molecular complexity index is 414. The van der Waals surface area contributed by atoms with Crippen molar-refractivity contribution in [2.24, 2.45) is 5.92 Å². The molecule has 2 atom stereocenters.